The first kappa shape index (κ1) is 13.0. The number of anilines is 1. The summed E-state index contributed by atoms with van der Waals surface area (Å²) in [6.45, 7) is 4.36. The van der Waals surface area contributed by atoms with Crippen molar-refractivity contribution in [3.63, 3.8) is 0 Å². The first-order valence-corrected chi connectivity index (χ1v) is 6.75. The molecule has 0 bridgehead atoms. The molecule has 0 saturated carbocycles. The van der Waals surface area contributed by atoms with Crippen molar-refractivity contribution in [2.75, 3.05) is 4.72 Å². The molecule has 0 unspecified atom stereocenters. The number of nitrogens with one attached hydrogen (secondary N) is 1. The third kappa shape index (κ3) is 3.50. The quantitative estimate of drug-likeness (QED) is 0.771. The summed E-state index contributed by atoms with van der Waals surface area (Å²) < 4.78 is 16.0. The maximum atomic E-state index is 12.8. The molecule has 94 valence electrons. The minimum Gasteiger partial charge on any atom is -0.326 e. The highest BCUT2D eigenvalue weighted by molar-refractivity contribution is 8.00. The average Bonchev–Trinajstić information content (AvgIpc) is 2.38. The molecule has 2 aromatic carbocycles. The van der Waals surface area contributed by atoms with Crippen molar-refractivity contribution < 1.29 is 4.39 Å². The van der Waals surface area contributed by atoms with Crippen molar-refractivity contribution >= 4 is 17.6 Å². The van der Waals surface area contributed by atoms with Gasteiger partial charge in [-0.2, -0.15) is 0 Å². The highest BCUT2D eigenvalue weighted by atomic mass is 32.2. The predicted octanol–water partition coefficient (Wildman–Crippen LogP) is 5.07. The molecule has 1 N–H and O–H groups in total. The number of hydrogen-bond donors (Lipinski definition) is 1. The lowest BCUT2D eigenvalue weighted by Crippen LogP contribution is -1.90. The average molecular weight is 261 g/mol. The van der Waals surface area contributed by atoms with E-state index in [4.69, 9.17) is 0 Å². The van der Waals surface area contributed by atoms with Gasteiger partial charge in [0.2, 0.25) is 0 Å². The molecule has 0 amide bonds. The fraction of sp³-hybridized carbons (Fsp3) is 0.200. The van der Waals surface area contributed by atoms with Crippen molar-refractivity contribution in [3.05, 3.63) is 59.9 Å². The topological polar surface area (TPSA) is 12.0 Å². The van der Waals surface area contributed by atoms with Crippen LogP contribution in [0.1, 0.15) is 25.3 Å². The Hall–Kier alpha value is -1.48. The Morgan fingerprint density at radius 2 is 1.78 bits per heavy atom. The van der Waals surface area contributed by atoms with Crippen LogP contribution in [0, 0.1) is 5.82 Å². The van der Waals surface area contributed by atoms with Crippen LogP contribution < -0.4 is 4.72 Å². The highest BCUT2D eigenvalue weighted by Crippen LogP contribution is 2.24. The van der Waals surface area contributed by atoms with E-state index >= 15 is 0 Å². The summed E-state index contributed by atoms with van der Waals surface area (Å²) in [5.41, 5.74) is 2.22. The molecule has 0 heterocycles. The molecular formula is C15H16FNS. The van der Waals surface area contributed by atoms with E-state index in [1.165, 1.54) is 29.6 Å². The zero-order valence-electron chi connectivity index (χ0n) is 10.5. The van der Waals surface area contributed by atoms with Crippen molar-refractivity contribution in [2.24, 2.45) is 0 Å². The zero-order chi connectivity index (χ0) is 13.0. The molecule has 1 nitrogen and oxygen atoms in total. The molecule has 2 aromatic rings. The van der Waals surface area contributed by atoms with E-state index in [-0.39, 0.29) is 5.82 Å². The van der Waals surface area contributed by atoms with Gasteiger partial charge in [0.15, 0.2) is 0 Å². The lowest BCUT2D eigenvalue weighted by molar-refractivity contribution is 0.628. The van der Waals surface area contributed by atoms with Gasteiger partial charge in [0.1, 0.15) is 5.82 Å². The molecule has 0 radical (unpaired) electrons. The Kier molecular flexibility index (Phi) is 4.26. The normalized spacial score (nSPS) is 10.7. The van der Waals surface area contributed by atoms with Crippen LogP contribution in [0.4, 0.5) is 10.1 Å². The van der Waals surface area contributed by atoms with Crippen molar-refractivity contribution in [1.82, 2.24) is 0 Å². The summed E-state index contributed by atoms with van der Waals surface area (Å²) in [6.07, 6.45) is 0. The second kappa shape index (κ2) is 5.91. The van der Waals surface area contributed by atoms with E-state index in [0.29, 0.717) is 5.92 Å². The van der Waals surface area contributed by atoms with E-state index in [2.05, 4.69) is 42.8 Å². The van der Waals surface area contributed by atoms with E-state index in [1.807, 2.05) is 0 Å². The summed E-state index contributed by atoms with van der Waals surface area (Å²) in [7, 11) is 0. The lowest BCUT2D eigenvalue weighted by atomic mass is 10.0. The molecule has 0 aromatic heterocycles. The standard InChI is InChI=1S/C15H16FNS/c1-11(2)12-4-3-5-15(10-12)18-17-14-8-6-13(16)7-9-14/h3-11,17H,1-2H3. The summed E-state index contributed by atoms with van der Waals surface area (Å²) in [4.78, 5) is 1.16. The first-order valence-electron chi connectivity index (χ1n) is 5.93. The van der Waals surface area contributed by atoms with E-state index in [9.17, 15) is 4.39 Å². The van der Waals surface area contributed by atoms with E-state index < -0.39 is 0 Å². The molecule has 0 spiro atoms. The molecule has 0 aliphatic rings. The second-order valence-electron chi connectivity index (χ2n) is 4.44. The maximum absolute atomic E-state index is 12.8. The van der Waals surface area contributed by atoms with Gasteiger partial charge >= 0.3 is 0 Å². The van der Waals surface area contributed by atoms with Gasteiger partial charge in [-0.05, 0) is 59.8 Å². The summed E-state index contributed by atoms with van der Waals surface area (Å²) in [5, 5.41) is 0. The molecule has 0 atom stereocenters. The molecule has 0 aliphatic heterocycles. The van der Waals surface area contributed by atoms with Crippen LogP contribution >= 0.6 is 11.9 Å². The van der Waals surface area contributed by atoms with Crippen LogP contribution in [0.15, 0.2) is 53.4 Å². The van der Waals surface area contributed by atoms with E-state index in [0.717, 1.165) is 10.6 Å². The van der Waals surface area contributed by atoms with Crippen molar-refractivity contribution in [1.29, 1.82) is 0 Å². The molecule has 0 saturated heterocycles. The number of benzene rings is 2. The van der Waals surface area contributed by atoms with Crippen molar-refractivity contribution in [3.8, 4) is 0 Å². The van der Waals surface area contributed by atoms with Crippen LogP contribution in [-0.2, 0) is 0 Å². The van der Waals surface area contributed by atoms with Gasteiger partial charge in [-0.25, -0.2) is 4.39 Å². The third-order valence-electron chi connectivity index (χ3n) is 2.66. The summed E-state index contributed by atoms with van der Waals surface area (Å²) >= 11 is 1.54. The van der Waals surface area contributed by atoms with Gasteiger partial charge in [-0.15, -0.1) is 0 Å². The Morgan fingerprint density at radius 3 is 2.44 bits per heavy atom. The van der Waals surface area contributed by atoms with E-state index in [1.54, 1.807) is 12.1 Å². The van der Waals surface area contributed by atoms with Crippen LogP contribution in [0.25, 0.3) is 0 Å². The Morgan fingerprint density at radius 1 is 1.06 bits per heavy atom. The van der Waals surface area contributed by atoms with Gasteiger partial charge in [0, 0.05) is 10.6 Å². The van der Waals surface area contributed by atoms with Crippen LogP contribution in [0.2, 0.25) is 0 Å². The highest BCUT2D eigenvalue weighted by Gasteiger charge is 2.01. The minimum atomic E-state index is -0.215. The molecule has 0 fully saturated rings. The second-order valence-corrected chi connectivity index (χ2v) is 5.32. The van der Waals surface area contributed by atoms with Gasteiger partial charge in [-0.1, -0.05) is 26.0 Å². The van der Waals surface area contributed by atoms with Gasteiger partial charge in [0.05, 0.1) is 0 Å². The van der Waals surface area contributed by atoms with Crippen LogP contribution in [-0.4, -0.2) is 0 Å². The smallest absolute Gasteiger partial charge is 0.123 e. The largest absolute Gasteiger partial charge is 0.326 e. The monoisotopic (exact) mass is 261 g/mol. The maximum Gasteiger partial charge on any atom is 0.123 e. The third-order valence-corrected chi connectivity index (χ3v) is 3.48. The summed E-state index contributed by atoms with van der Waals surface area (Å²) in [5.74, 6) is 0.309. The summed E-state index contributed by atoms with van der Waals surface area (Å²) in [6, 6.07) is 14.8. The molecule has 3 heteroatoms. The zero-order valence-corrected chi connectivity index (χ0v) is 11.3. The van der Waals surface area contributed by atoms with Crippen LogP contribution in [0.3, 0.4) is 0 Å². The van der Waals surface area contributed by atoms with Gasteiger partial charge < -0.3 is 4.72 Å². The predicted molar refractivity (Wildman–Crippen MR) is 76.4 cm³/mol. The molecule has 18 heavy (non-hydrogen) atoms. The fourth-order valence-corrected chi connectivity index (χ4v) is 2.29. The molecular weight excluding hydrogens is 245 g/mol. The van der Waals surface area contributed by atoms with Crippen LogP contribution in [0.5, 0.6) is 0 Å². The van der Waals surface area contributed by atoms with Gasteiger partial charge in [0.25, 0.3) is 0 Å². The van der Waals surface area contributed by atoms with Crippen molar-refractivity contribution in [2.45, 2.75) is 24.7 Å². The molecule has 2 rings (SSSR count). The fourth-order valence-electron chi connectivity index (χ4n) is 1.57. The number of rotatable bonds is 4. The van der Waals surface area contributed by atoms with Gasteiger partial charge in [-0.3, -0.25) is 0 Å². The lowest BCUT2D eigenvalue weighted by Gasteiger charge is -2.09. The SMILES string of the molecule is CC(C)c1cccc(SNc2ccc(F)cc2)c1. The Balaban J connectivity index is 2.01. The molecule has 0 aliphatic carbocycles. The Bertz CT molecular complexity index is 508. The number of halogens is 1. The first-order chi connectivity index (χ1) is 8.65. The Labute approximate surface area is 112 Å². The number of hydrogen-bond acceptors (Lipinski definition) is 2. The minimum absolute atomic E-state index is 0.215.